The Bertz CT molecular complexity index is 1780. The maximum Gasteiger partial charge on any atom is 0.264 e. The summed E-state index contributed by atoms with van der Waals surface area (Å²) >= 11 is 6.15. The van der Waals surface area contributed by atoms with E-state index in [1.54, 1.807) is 12.1 Å². The quantitative estimate of drug-likeness (QED) is 0.292. The zero-order valence-corrected chi connectivity index (χ0v) is 24.5. The van der Waals surface area contributed by atoms with Crippen LogP contribution in [0.25, 0.3) is 22.3 Å². The summed E-state index contributed by atoms with van der Waals surface area (Å²) in [6.45, 7) is 6.83. The Kier molecular flexibility index (Phi) is 7.99. The van der Waals surface area contributed by atoms with E-state index in [0.29, 0.717) is 54.3 Å². The van der Waals surface area contributed by atoms with Gasteiger partial charge >= 0.3 is 0 Å². The zero-order valence-electron chi connectivity index (χ0n) is 22.9. The zero-order chi connectivity index (χ0) is 30.2. The number of fused-ring (bicyclic) bond motifs is 1. The van der Waals surface area contributed by atoms with Crippen LogP contribution in [0.4, 0.5) is 14.5 Å². The Labute approximate surface area is 246 Å². The van der Waals surface area contributed by atoms with Crippen molar-refractivity contribution in [3.05, 3.63) is 65.7 Å². The highest BCUT2D eigenvalue weighted by atomic mass is 35.5. The molecular weight excluding hydrogens is 590 g/mol. The van der Waals surface area contributed by atoms with Gasteiger partial charge in [0, 0.05) is 49.2 Å². The molecule has 1 aromatic carbocycles. The standard InChI is InChI=1S/C28H27ClF2N6O4S/c1-28(2,3)27(38)37-10-8-18(9-11-37)41-26-24-21(33-15-34-26)6-5-20(35-24)16-12-22(25(29)32-14-16)36-42(39,40)23-7-4-17(30)13-19(23)31/h4-7,12-15,18,36H,8-11H2,1-3H3. The van der Waals surface area contributed by atoms with E-state index < -0.39 is 32.0 Å². The molecule has 10 nitrogen and oxygen atoms in total. The number of amides is 1. The molecule has 1 aliphatic rings. The Hall–Kier alpha value is -3.97. The highest BCUT2D eigenvalue weighted by Gasteiger charge is 2.31. The predicted octanol–water partition coefficient (Wildman–Crippen LogP) is 5.24. The summed E-state index contributed by atoms with van der Waals surface area (Å²) in [7, 11) is -4.46. The van der Waals surface area contributed by atoms with Crippen LogP contribution in [0, 0.1) is 17.0 Å². The van der Waals surface area contributed by atoms with E-state index in [0.717, 1.165) is 12.1 Å². The maximum atomic E-state index is 14.2. The van der Waals surface area contributed by atoms with Gasteiger partial charge in [0.15, 0.2) is 10.7 Å². The summed E-state index contributed by atoms with van der Waals surface area (Å²) in [5.74, 6) is -1.79. The van der Waals surface area contributed by atoms with Crippen molar-refractivity contribution in [3.63, 3.8) is 0 Å². The molecule has 1 aliphatic heterocycles. The molecule has 0 bridgehead atoms. The van der Waals surface area contributed by atoms with Crippen molar-refractivity contribution < 1.29 is 26.7 Å². The van der Waals surface area contributed by atoms with Gasteiger partial charge in [-0.05, 0) is 30.3 Å². The van der Waals surface area contributed by atoms with E-state index >= 15 is 0 Å². The average molecular weight is 617 g/mol. The molecule has 1 saturated heterocycles. The highest BCUT2D eigenvalue weighted by molar-refractivity contribution is 7.92. The molecule has 0 radical (unpaired) electrons. The van der Waals surface area contributed by atoms with Crippen molar-refractivity contribution >= 4 is 44.3 Å². The van der Waals surface area contributed by atoms with Gasteiger partial charge in [0.1, 0.15) is 29.0 Å². The third kappa shape index (κ3) is 6.26. The van der Waals surface area contributed by atoms with Crippen molar-refractivity contribution in [1.82, 2.24) is 24.8 Å². The lowest BCUT2D eigenvalue weighted by atomic mass is 9.93. The molecule has 0 atom stereocenters. The fraction of sp³-hybridized carbons (Fsp3) is 0.321. The van der Waals surface area contributed by atoms with Crippen LogP contribution in [-0.2, 0) is 14.8 Å². The molecule has 0 spiro atoms. The van der Waals surface area contributed by atoms with E-state index in [-0.39, 0.29) is 28.7 Å². The Balaban J connectivity index is 1.39. The van der Waals surface area contributed by atoms with Crippen LogP contribution in [0.15, 0.2) is 53.8 Å². The number of benzene rings is 1. The lowest BCUT2D eigenvalue weighted by Gasteiger charge is -2.35. The lowest BCUT2D eigenvalue weighted by Crippen LogP contribution is -2.46. The van der Waals surface area contributed by atoms with Gasteiger partial charge in [-0.25, -0.2) is 32.2 Å². The Morgan fingerprint density at radius 2 is 1.81 bits per heavy atom. The number of halogens is 3. The molecule has 0 aliphatic carbocycles. The van der Waals surface area contributed by atoms with Crippen LogP contribution in [0.1, 0.15) is 33.6 Å². The second-order valence-electron chi connectivity index (χ2n) is 10.8. The van der Waals surface area contributed by atoms with E-state index in [1.165, 1.54) is 18.6 Å². The number of carbonyl (C=O) groups is 1. The number of nitrogens with one attached hydrogen (secondary N) is 1. The van der Waals surface area contributed by atoms with Crippen molar-refractivity contribution in [1.29, 1.82) is 0 Å². The molecule has 1 N–H and O–H groups in total. The van der Waals surface area contributed by atoms with Crippen LogP contribution in [0.3, 0.4) is 0 Å². The average Bonchev–Trinajstić information content (AvgIpc) is 2.93. The molecule has 4 aromatic rings. The Morgan fingerprint density at radius 3 is 2.50 bits per heavy atom. The van der Waals surface area contributed by atoms with E-state index in [4.69, 9.17) is 16.3 Å². The van der Waals surface area contributed by atoms with Gasteiger partial charge in [-0.3, -0.25) is 9.52 Å². The van der Waals surface area contributed by atoms with Crippen LogP contribution in [0.2, 0.25) is 5.15 Å². The smallest absolute Gasteiger partial charge is 0.264 e. The number of anilines is 1. The number of aromatic nitrogens is 4. The summed E-state index contributed by atoms with van der Waals surface area (Å²) in [6.07, 6.45) is 3.86. The van der Waals surface area contributed by atoms with E-state index in [9.17, 15) is 22.0 Å². The SMILES string of the molecule is CC(C)(C)C(=O)N1CCC(Oc2ncnc3ccc(-c4cnc(Cl)c(NS(=O)(=O)c5ccc(F)cc5F)c4)nc23)CC1. The molecule has 0 saturated carbocycles. The van der Waals surface area contributed by atoms with E-state index in [2.05, 4.69) is 24.7 Å². The molecule has 4 heterocycles. The number of piperidine rings is 1. The molecule has 1 amide bonds. The van der Waals surface area contributed by atoms with Crippen molar-refractivity contribution in [2.45, 2.75) is 44.6 Å². The molecule has 5 rings (SSSR count). The summed E-state index contributed by atoms with van der Waals surface area (Å²) in [4.78, 5) is 31.0. The monoisotopic (exact) mass is 616 g/mol. The molecule has 14 heteroatoms. The Morgan fingerprint density at radius 1 is 1.07 bits per heavy atom. The number of ether oxygens (including phenoxy) is 1. The van der Waals surface area contributed by atoms with E-state index in [1.807, 2.05) is 25.7 Å². The number of likely N-dealkylation sites (tertiary alicyclic amines) is 1. The summed E-state index contributed by atoms with van der Waals surface area (Å²) in [5.41, 5.74) is 1.11. The predicted molar refractivity (Wildman–Crippen MR) is 152 cm³/mol. The highest BCUT2D eigenvalue weighted by Crippen LogP contribution is 2.31. The van der Waals surface area contributed by atoms with Gasteiger partial charge < -0.3 is 9.64 Å². The van der Waals surface area contributed by atoms with Crippen molar-refractivity contribution in [3.8, 4) is 17.1 Å². The van der Waals surface area contributed by atoms with Gasteiger partial charge in [0.05, 0.1) is 16.9 Å². The number of sulfonamides is 1. The minimum atomic E-state index is -4.46. The van der Waals surface area contributed by atoms with Gasteiger partial charge in [-0.15, -0.1) is 0 Å². The fourth-order valence-electron chi connectivity index (χ4n) is 4.53. The van der Waals surface area contributed by atoms with Crippen molar-refractivity contribution in [2.75, 3.05) is 17.8 Å². The van der Waals surface area contributed by atoms with Gasteiger partial charge in [0.2, 0.25) is 11.8 Å². The first-order valence-electron chi connectivity index (χ1n) is 13.0. The van der Waals surface area contributed by atoms with Crippen LogP contribution in [0.5, 0.6) is 5.88 Å². The van der Waals surface area contributed by atoms with Crippen LogP contribution in [-0.4, -0.2) is 58.4 Å². The third-order valence-corrected chi connectivity index (χ3v) is 8.36. The number of hydrogen-bond donors (Lipinski definition) is 1. The number of carbonyl (C=O) groups excluding carboxylic acids is 1. The first-order chi connectivity index (χ1) is 19.8. The normalized spacial score (nSPS) is 14.7. The second kappa shape index (κ2) is 11.4. The molecule has 1 fully saturated rings. The number of pyridine rings is 2. The minimum absolute atomic E-state index is 0.0979. The number of nitrogens with zero attached hydrogens (tertiary/aromatic N) is 5. The minimum Gasteiger partial charge on any atom is -0.473 e. The molecule has 3 aromatic heterocycles. The first-order valence-corrected chi connectivity index (χ1v) is 14.9. The van der Waals surface area contributed by atoms with Crippen LogP contribution >= 0.6 is 11.6 Å². The molecule has 220 valence electrons. The first kappa shape index (κ1) is 29.5. The summed E-state index contributed by atoms with van der Waals surface area (Å²) < 4.78 is 61.5. The molecule has 42 heavy (non-hydrogen) atoms. The van der Waals surface area contributed by atoms with Crippen molar-refractivity contribution in [2.24, 2.45) is 5.41 Å². The largest absolute Gasteiger partial charge is 0.473 e. The topological polar surface area (TPSA) is 127 Å². The van der Waals surface area contributed by atoms with Gasteiger partial charge in [0.25, 0.3) is 10.0 Å². The third-order valence-electron chi connectivity index (χ3n) is 6.66. The van der Waals surface area contributed by atoms with Gasteiger partial charge in [-0.1, -0.05) is 32.4 Å². The second-order valence-corrected chi connectivity index (χ2v) is 12.9. The molecular formula is C28H27ClF2N6O4S. The fourth-order valence-corrected chi connectivity index (χ4v) is 5.85. The van der Waals surface area contributed by atoms with Gasteiger partial charge in [-0.2, -0.15) is 4.98 Å². The number of rotatable bonds is 6. The molecule has 0 unspecified atom stereocenters. The van der Waals surface area contributed by atoms with Crippen LogP contribution < -0.4 is 9.46 Å². The summed E-state index contributed by atoms with van der Waals surface area (Å²) in [5, 5.41) is -0.186. The number of hydrogen-bond acceptors (Lipinski definition) is 8. The maximum absolute atomic E-state index is 14.2. The lowest BCUT2D eigenvalue weighted by molar-refractivity contribution is -0.141. The summed E-state index contributed by atoms with van der Waals surface area (Å²) in [6, 6.07) is 6.90.